The molecule has 3 rings (SSSR count). The Morgan fingerprint density at radius 3 is 2.41 bits per heavy atom. The third kappa shape index (κ3) is 6.15. The lowest BCUT2D eigenvalue weighted by Crippen LogP contribution is -2.41. The predicted octanol–water partition coefficient (Wildman–Crippen LogP) is 2.39. The van der Waals surface area contributed by atoms with E-state index in [9.17, 15) is 18.0 Å². The molecular formula is C23H28N2O6S. The maximum atomic E-state index is 13.0. The maximum absolute atomic E-state index is 13.0. The number of morpholine rings is 1. The van der Waals surface area contributed by atoms with E-state index in [1.807, 2.05) is 6.92 Å². The van der Waals surface area contributed by atoms with E-state index in [-0.39, 0.29) is 36.0 Å². The fraction of sp³-hybridized carbons (Fsp3) is 0.391. The van der Waals surface area contributed by atoms with Crippen molar-refractivity contribution in [1.29, 1.82) is 0 Å². The van der Waals surface area contributed by atoms with E-state index < -0.39 is 10.0 Å². The minimum Gasteiger partial charge on any atom is -0.494 e. The van der Waals surface area contributed by atoms with Gasteiger partial charge in [-0.05, 0) is 42.8 Å². The molecule has 1 fully saturated rings. The fourth-order valence-electron chi connectivity index (χ4n) is 3.38. The van der Waals surface area contributed by atoms with Gasteiger partial charge in [-0.15, -0.1) is 0 Å². The third-order valence-corrected chi connectivity index (χ3v) is 7.10. The van der Waals surface area contributed by atoms with Crippen LogP contribution in [0.25, 0.3) is 0 Å². The minimum absolute atomic E-state index is 0.0183. The van der Waals surface area contributed by atoms with Gasteiger partial charge in [0.1, 0.15) is 5.75 Å². The molecule has 0 bridgehead atoms. The van der Waals surface area contributed by atoms with Crippen molar-refractivity contribution in [1.82, 2.24) is 9.62 Å². The summed E-state index contributed by atoms with van der Waals surface area (Å²) in [7, 11) is -3.67. The molecule has 1 aliphatic rings. The van der Waals surface area contributed by atoms with Crippen LogP contribution < -0.4 is 10.1 Å². The fourth-order valence-corrected chi connectivity index (χ4v) is 5.01. The van der Waals surface area contributed by atoms with Crippen LogP contribution in [-0.4, -0.2) is 57.3 Å². The first-order valence-corrected chi connectivity index (χ1v) is 12.0. The van der Waals surface area contributed by atoms with Crippen LogP contribution in [0.4, 0.5) is 0 Å². The van der Waals surface area contributed by atoms with E-state index in [2.05, 4.69) is 5.32 Å². The van der Waals surface area contributed by atoms with Crippen LogP contribution in [0.3, 0.4) is 0 Å². The molecule has 1 amide bonds. The number of carbonyl (C=O) groups excluding carboxylic acids is 2. The standard InChI is InChI=1S/C23H28N2O6S/c1-2-31-20-9-7-18(8-10-20)21(26)11-12-23(27)24-17-19-5-3-4-6-22(19)32(28,29)25-13-15-30-16-14-25/h3-10H,2,11-17H2,1H3,(H,24,27). The highest BCUT2D eigenvalue weighted by molar-refractivity contribution is 7.89. The molecule has 1 heterocycles. The highest BCUT2D eigenvalue weighted by atomic mass is 32.2. The summed E-state index contributed by atoms with van der Waals surface area (Å²) in [6.07, 6.45) is 0.0813. The van der Waals surface area contributed by atoms with E-state index >= 15 is 0 Å². The lowest BCUT2D eigenvalue weighted by molar-refractivity contribution is -0.121. The molecule has 0 aliphatic carbocycles. The van der Waals surface area contributed by atoms with Crippen LogP contribution in [0.5, 0.6) is 5.75 Å². The first kappa shape index (κ1) is 23.9. The van der Waals surface area contributed by atoms with Crippen molar-refractivity contribution >= 4 is 21.7 Å². The Hall–Kier alpha value is -2.75. The van der Waals surface area contributed by atoms with Gasteiger partial charge in [0, 0.05) is 38.0 Å². The molecule has 0 saturated carbocycles. The zero-order valence-electron chi connectivity index (χ0n) is 18.1. The van der Waals surface area contributed by atoms with Crippen molar-refractivity contribution in [3.8, 4) is 5.75 Å². The van der Waals surface area contributed by atoms with E-state index in [4.69, 9.17) is 9.47 Å². The lowest BCUT2D eigenvalue weighted by atomic mass is 10.1. The van der Waals surface area contributed by atoms with Gasteiger partial charge in [0.2, 0.25) is 15.9 Å². The van der Waals surface area contributed by atoms with Gasteiger partial charge in [-0.2, -0.15) is 4.31 Å². The van der Waals surface area contributed by atoms with Gasteiger partial charge in [0.15, 0.2) is 5.78 Å². The number of ketones is 1. The van der Waals surface area contributed by atoms with Crippen LogP contribution in [0, 0.1) is 0 Å². The Kier molecular flexibility index (Phi) is 8.38. The summed E-state index contributed by atoms with van der Waals surface area (Å²) in [4.78, 5) is 24.8. The number of rotatable bonds is 10. The number of carbonyl (C=O) groups is 2. The predicted molar refractivity (Wildman–Crippen MR) is 119 cm³/mol. The molecule has 1 N–H and O–H groups in total. The SMILES string of the molecule is CCOc1ccc(C(=O)CCC(=O)NCc2ccccc2S(=O)(=O)N2CCOCC2)cc1. The van der Waals surface area contributed by atoms with Crippen LogP contribution in [0.15, 0.2) is 53.4 Å². The second-order valence-corrected chi connectivity index (χ2v) is 9.19. The number of amides is 1. The summed E-state index contributed by atoms with van der Waals surface area (Å²) in [5, 5.41) is 2.73. The second kappa shape index (κ2) is 11.2. The van der Waals surface area contributed by atoms with Crippen LogP contribution >= 0.6 is 0 Å². The summed E-state index contributed by atoms with van der Waals surface area (Å²) >= 11 is 0. The summed E-state index contributed by atoms with van der Waals surface area (Å²) in [6, 6.07) is 13.4. The number of sulfonamides is 1. The van der Waals surface area contributed by atoms with E-state index in [1.54, 1.807) is 48.5 Å². The summed E-state index contributed by atoms with van der Waals surface area (Å²) in [5.41, 5.74) is 1.02. The Bertz CT molecular complexity index is 1030. The molecule has 1 aliphatic heterocycles. The third-order valence-electron chi connectivity index (χ3n) is 5.10. The van der Waals surface area contributed by atoms with E-state index in [0.717, 1.165) is 0 Å². The molecule has 32 heavy (non-hydrogen) atoms. The van der Waals surface area contributed by atoms with Crippen molar-refractivity contribution in [3.05, 3.63) is 59.7 Å². The molecule has 8 nitrogen and oxygen atoms in total. The number of benzene rings is 2. The molecule has 2 aromatic carbocycles. The Morgan fingerprint density at radius 2 is 1.72 bits per heavy atom. The quantitative estimate of drug-likeness (QED) is 0.546. The average molecular weight is 461 g/mol. The van der Waals surface area contributed by atoms with Gasteiger partial charge in [0.05, 0.1) is 24.7 Å². The van der Waals surface area contributed by atoms with Gasteiger partial charge in [-0.3, -0.25) is 9.59 Å². The van der Waals surface area contributed by atoms with Crippen LogP contribution in [-0.2, 0) is 26.1 Å². The number of hydrogen-bond acceptors (Lipinski definition) is 6. The maximum Gasteiger partial charge on any atom is 0.243 e. The molecule has 1 saturated heterocycles. The highest BCUT2D eigenvalue weighted by Gasteiger charge is 2.28. The van der Waals surface area contributed by atoms with Crippen molar-refractivity contribution in [2.24, 2.45) is 0 Å². The first-order valence-electron chi connectivity index (χ1n) is 10.6. The topological polar surface area (TPSA) is 102 Å². The molecular weight excluding hydrogens is 432 g/mol. The van der Waals surface area contributed by atoms with Crippen LogP contribution in [0.1, 0.15) is 35.7 Å². The minimum atomic E-state index is -3.67. The van der Waals surface area contributed by atoms with E-state index in [0.29, 0.717) is 49.8 Å². The first-order chi connectivity index (χ1) is 15.4. The Balaban J connectivity index is 1.55. The molecule has 0 radical (unpaired) electrons. The highest BCUT2D eigenvalue weighted by Crippen LogP contribution is 2.21. The number of nitrogens with one attached hydrogen (secondary N) is 1. The zero-order valence-corrected chi connectivity index (χ0v) is 18.9. The zero-order chi connectivity index (χ0) is 23.0. The monoisotopic (exact) mass is 460 g/mol. The molecule has 0 atom stereocenters. The molecule has 0 spiro atoms. The summed E-state index contributed by atoms with van der Waals surface area (Å²) in [6.45, 7) is 3.82. The van der Waals surface area contributed by atoms with Gasteiger partial charge in [0.25, 0.3) is 0 Å². The van der Waals surface area contributed by atoms with Crippen molar-refractivity contribution in [2.45, 2.75) is 31.2 Å². The largest absolute Gasteiger partial charge is 0.494 e. The summed E-state index contributed by atoms with van der Waals surface area (Å²) in [5.74, 6) is 0.230. The number of ether oxygens (including phenoxy) is 2. The van der Waals surface area contributed by atoms with Crippen molar-refractivity contribution in [3.63, 3.8) is 0 Å². The van der Waals surface area contributed by atoms with Gasteiger partial charge < -0.3 is 14.8 Å². The van der Waals surface area contributed by atoms with Crippen LogP contribution in [0.2, 0.25) is 0 Å². The molecule has 2 aromatic rings. The summed E-state index contributed by atoms with van der Waals surface area (Å²) < 4.78 is 38.0. The molecule has 172 valence electrons. The van der Waals surface area contributed by atoms with E-state index in [1.165, 1.54) is 4.31 Å². The Morgan fingerprint density at radius 1 is 1.03 bits per heavy atom. The molecule has 0 aromatic heterocycles. The number of nitrogens with zero attached hydrogens (tertiary/aromatic N) is 1. The number of Topliss-reactive ketones (excluding diaryl/α,β-unsaturated/α-hetero) is 1. The smallest absolute Gasteiger partial charge is 0.243 e. The normalized spacial score (nSPS) is 14.7. The van der Waals surface area contributed by atoms with Crippen molar-refractivity contribution < 1.29 is 27.5 Å². The molecule has 9 heteroatoms. The second-order valence-electron chi connectivity index (χ2n) is 7.28. The number of hydrogen-bond donors (Lipinski definition) is 1. The van der Waals surface area contributed by atoms with Gasteiger partial charge in [-0.25, -0.2) is 8.42 Å². The van der Waals surface area contributed by atoms with Crippen molar-refractivity contribution in [2.75, 3.05) is 32.9 Å². The van der Waals surface area contributed by atoms with Gasteiger partial charge >= 0.3 is 0 Å². The molecule has 0 unspecified atom stereocenters. The average Bonchev–Trinajstić information content (AvgIpc) is 2.82. The Labute approximate surface area is 188 Å². The van der Waals surface area contributed by atoms with Gasteiger partial charge in [-0.1, -0.05) is 18.2 Å². The lowest BCUT2D eigenvalue weighted by Gasteiger charge is -2.27.